The maximum absolute atomic E-state index is 12.2. The number of nitrogens with one attached hydrogen (secondary N) is 3. The van der Waals surface area contributed by atoms with Gasteiger partial charge in [0.1, 0.15) is 0 Å². The van der Waals surface area contributed by atoms with E-state index >= 15 is 0 Å². The fourth-order valence-corrected chi connectivity index (χ4v) is 5.35. The number of hydrogen-bond donors (Lipinski definition) is 3. The molecule has 3 aromatic rings. The van der Waals surface area contributed by atoms with E-state index in [1.807, 2.05) is 26.2 Å². The monoisotopic (exact) mass is 478 g/mol. The molecule has 0 bridgehead atoms. The summed E-state index contributed by atoms with van der Waals surface area (Å²) in [7, 11) is -3.80. The van der Waals surface area contributed by atoms with Crippen LogP contribution in [0.15, 0.2) is 40.6 Å². The van der Waals surface area contributed by atoms with Crippen molar-refractivity contribution in [3.63, 3.8) is 0 Å². The molecule has 0 atom stereocenters. The molecule has 0 aliphatic heterocycles. The molecule has 0 fully saturated rings. The van der Waals surface area contributed by atoms with Crippen LogP contribution < -0.4 is 15.4 Å². The lowest BCUT2D eigenvalue weighted by Gasteiger charge is -2.08. The highest BCUT2D eigenvalue weighted by Crippen LogP contribution is 2.32. The minimum Gasteiger partial charge on any atom is -0.346 e. The van der Waals surface area contributed by atoms with Gasteiger partial charge in [-0.1, -0.05) is 17.7 Å². The molecule has 0 aliphatic rings. The summed E-state index contributed by atoms with van der Waals surface area (Å²) >= 11 is 2.98. The van der Waals surface area contributed by atoms with Crippen molar-refractivity contribution in [1.29, 1.82) is 0 Å². The van der Waals surface area contributed by atoms with Crippen LogP contribution in [0.2, 0.25) is 0 Å². The van der Waals surface area contributed by atoms with Crippen LogP contribution in [0.25, 0.3) is 11.3 Å². The summed E-state index contributed by atoms with van der Waals surface area (Å²) in [5.41, 5.74) is 2.75. The van der Waals surface area contributed by atoms with E-state index in [4.69, 9.17) is 0 Å². The van der Waals surface area contributed by atoms with Crippen molar-refractivity contribution in [3.05, 3.63) is 51.0 Å². The van der Waals surface area contributed by atoms with Crippen LogP contribution in [0, 0.1) is 20.8 Å². The number of anilines is 1. The van der Waals surface area contributed by atoms with E-state index in [1.54, 1.807) is 23.5 Å². The highest BCUT2D eigenvalue weighted by molar-refractivity contribution is 7.89. The van der Waals surface area contributed by atoms with Crippen molar-refractivity contribution in [3.8, 4) is 11.3 Å². The number of thiazole rings is 1. The average molecular weight is 479 g/mol. The predicted molar refractivity (Wildman–Crippen MR) is 123 cm³/mol. The Morgan fingerprint density at radius 3 is 2.39 bits per heavy atom. The second kappa shape index (κ2) is 9.69. The van der Waals surface area contributed by atoms with E-state index in [2.05, 4.69) is 26.4 Å². The lowest BCUT2D eigenvalue weighted by Crippen LogP contribution is -2.40. The molecular formula is C20H22N4O4S3. The lowest BCUT2D eigenvalue weighted by molar-refractivity contribution is -0.123. The van der Waals surface area contributed by atoms with E-state index in [-0.39, 0.29) is 11.4 Å². The number of rotatable bonds is 8. The van der Waals surface area contributed by atoms with Gasteiger partial charge in [-0.2, -0.15) is 0 Å². The smallest absolute Gasteiger partial charge is 0.245 e. The summed E-state index contributed by atoms with van der Waals surface area (Å²) in [6.07, 6.45) is 0. The van der Waals surface area contributed by atoms with Gasteiger partial charge in [-0.3, -0.25) is 9.59 Å². The minimum atomic E-state index is -3.80. The second-order valence-electron chi connectivity index (χ2n) is 6.83. The number of carbonyl (C=O) groups excluding carboxylic acids is 2. The van der Waals surface area contributed by atoms with Crippen molar-refractivity contribution < 1.29 is 18.0 Å². The molecule has 0 unspecified atom stereocenters. The van der Waals surface area contributed by atoms with E-state index in [9.17, 15) is 18.0 Å². The Kier molecular flexibility index (Phi) is 7.21. The maximum atomic E-state index is 12.2. The van der Waals surface area contributed by atoms with Crippen molar-refractivity contribution in [2.45, 2.75) is 25.7 Å². The molecule has 0 radical (unpaired) electrons. The Morgan fingerprint density at radius 1 is 1.03 bits per heavy atom. The molecule has 0 saturated heterocycles. The topological polar surface area (TPSA) is 117 Å². The highest BCUT2D eigenvalue weighted by atomic mass is 32.2. The molecule has 0 saturated carbocycles. The van der Waals surface area contributed by atoms with Gasteiger partial charge in [-0.25, -0.2) is 18.1 Å². The van der Waals surface area contributed by atoms with Gasteiger partial charge in [-0.05, 0) is 39.0 Å². The molecule has 2 heterocycles. The number of benzene rings is 1. The van der Waals surface area contributed by atoms with Crippen molar-refractivity contribution in [2.75, 3.05) is 18.4 Å². The lowest BCUT2D eigenvalue weighted by atomic mass is 10.2. The van der Waals surface area contributed by atoms with E-state index in [1.165, 1.54) is 28.3 Å². The third-order valence-electron chi connectivity index (χ3n) is 4.27. The fraction of sp³-hybridized carbons (Fsp3) is 0.250. The molecule has 31 heavy (non-hydrogen) atoms. The Bertz CT molecular complexity index is 1200. The number of amides is 2. The van der Waals surface area contributed by atoms with Crippen molar-refractivity contribution in [2.24, 2.45) is 0 Å². The molecular weight excluding hydrogens is 456 g/mol. The largest absolute Gasteiger partial charge is 0.346 e. The minimum absolute atomic E-state index is 0.0688. The molecule has 3 rings (SSSR count). The predicted octanol–water partition coefficient (Wildman–Crippen LogP) is 2.83. The Morgan fingerprint density at radius 2 is 1.74 bits per heavy atom. The molecule has 3 N–H and O–H groups in total. The first-order chi connectivity index (χ1) is 14.6. The molecule has 2 amide bonds. The van der Waals surface area contributed by atoms with Crippen LogP contribution in [0.1, 0.15) is 15.3 Å². The number of hydrogen-bond acceptors (Lipinski definition) is 7. The van der Waals surface area contributed by atoms with Crippen LogP contribution in [0.4, 0.5) is 5.13 Å². The normalized spacial score (nSPS) is 11.3. The summed E-state index contributed by atoms with van der Waals surface area (Å²) in [6, 6.07) is 8.32. The zero-order chi connectivity index (χ0) is 22.6. The molecule has 11 heteroatoms. The number of sulfonamides is 1. The van der Waals surface area contributed by atoms with Crippen LogP contribution in [-0.2, 0) is 19.6 Å². The number of aryl methyl sites for hydroxylation is 3. The number of thiophene rings is 1. The molecule has 0 aliphatic carbocycles. The Balaban J connectivity index is 1.47. The zero-order valence-corrected chi connectivity index (χ0v) is 19.6. The zero-order valence-electron chi connectivity index (χ0n) is 17.2. The van der Waals surface area contributed by atoms with E-state index in [0.29, 0.717) is 5.13 Å². The summed E-state index contributed by atoms with van der Waals surface area (Å²) < 4.78 is 26.6. The van der Waals surface area contributed by atoms with Gasteiger partial charge in [0.15, 0.2) is 5.13 Å². The first-order valence-corrected chi connectivity index (χ1v) is 12.5. The molecule has 0 spiro atoms. The summed E-state index contributed by atoms with van der Waals surface area (Å²) in [5.74, 6) is -1.07. The third-order valence-corrected chi connectivity index (χ3v) is 7.41. The molecule has 1 aromatic carbocycles. The highest BCUT2D eigenvalue weighted by Gasteiger charge is 2.16. The van der Waals surface area contributed by atoms with Gasteiger partial charge in [0.2, 0.25) is 21.8 Å². The fourth-order valence-electron chi connectivity index (χ4n) is 2.71. The van der Waals surface area contributed by atoms with E-state index in [0.717, 1.165) is 21.7 Å². The quantitative estimate of drug-likeness (QED) is 0.460. The number of aromatic nitrogens is 1. The van der Waals surface area contributed by atoms with Gasteiger partial charge < -0.3 is 10.6 Å². The van der Waals surface area contributed by atoms with Crippen LogP contribution in [0.3, 0.4) is 0 Å². The summed E-state index contributed by atoms with van der Waals surface area (Å²) in [4.78, 5) is 30.9. The van der Waals surface area contributed by atoms with Crippen molar-refractivity contribution >= 4 is 49.6 Å². The maximum Gasteiger partial charge on any atom is 0.245 e. The first kappa shape index (κ1) is 23.1. The van der Waals surface area contributed by atoms with Gasteiger partial charge in [-0.15, -0.1) is 22.7 Å². The molecule has 8 nitrogen and oxygen atoms in total. The van der Waals surface area contributed by atoms with Crippen LogP contribution in [-0.4, -0.2) is 38.3 Å². The summed E-state index contributed by atoms with van der Waals surface area (Å²) in [5, 5.41) is 7.31. The van der Waals surface area contributed by atoms with Gasteiger partial charge in [0, 0.05) is 20.7 Å². The molecule has 164 valence electrons. The van der Waals surface area contributed by atoms with Crippen LogP contribution >= 0.6 is 22.7 Å². The first-order valence-electron chi connectivity index (χ1n) is 9.30. The van der Waals surface area contributed by atoms with Crippen LogP contribution in [0.5, 0.6) is 0 Å². The molecule has 2 aromatic heterocycles. The van der Waals surface area contributed by atoms with Crippen molar-refractivity contribution in [1.82, 2.24) is 15.0 Å². The Hall–Kier alpha value is -2.60. The van der Waals surface area contributed by atoms with Gasteiger partial charge in [0.05, 0.1) is 23.7 Å². The standard InChI is InChI=1S/C20H22N4O4S3/c1-12-4-6-15(7-5-12)31(27,28)22-10-18(25)21-9-19(26)24-20-23-17(11-29-20)16-8-13(2)30-14(16)3/h4-8,11,22H,9-10H2,1-3H3,(H,21,25)(H,23,24,26). The third kappa shape index (κ3) is 6.20. The number of carbonyl (C=O) groups is 2. The van der Waals surface area contributed by atoms with Gasteiger partial charge in [0.25, 0.3) is 0 Å². The van der Waals surface area contributed by atoms with E-state index < -0.39 is 28.4 Å². The average Bonchev–Trinajstić information content (AvgIpc) is 3.30. The summed E-state index contributed by atoms with van der Waals surface area (Å²) in [6.45, 7) is 5.13. The Labute approximate surface area is 188 Å². The van der Waals surface area contributed by atoms with Gasteiger partial charge >= 0.3 is 0 Å². The SMILES string of the molecule is Cc1ccc(S(=O)(=O)NCC(=O)NCC(=O)Nc2nc(-c3cc(C)sc3C)cs2)cc1. The number of nitrogens with zero attached hydrogens (tertiary/aromatic N) is 1. The second-order valence-corrected chi connectivity index (χ2v) is 10.9.